The normalized spacial score (nSPS) is 17.9. The predicted octanol–water partition coefficient (Wildman–Crippen LogP) is 5.46. The van der Waals surface area contributed by atoms with Crippen LogP contribution in [0.4, 0.5) is 26.5 Å². The first kappa shape index (κ1) is 25.2. The number of hydrogen-bond acceptors (Lipinski definition) is 7. The van der Waals surface area contributed by atoms with Crippen molar-refractivity contribution in [1.29, 1.82) is 0 Å². The number of aromatic nitrogens is 2. The van der Waals surface area contributed by atoms with Crippen molar-refractivity contribution in [3.05, 3.63) is 54.1 Å². The van der Waals surface area contributed by atoms with Gasteiger partial charge in [0.25, 0.3) is 0 Å². The number of carboxylic acid groups (broad SMARTS) is 1. The lowest BCUT2D eigenvalue weighted by atomic mass is 9.90. The number of anilines is 3. The smallest absolute Gasteiger partial charge is 0.407 e. The van der Waals surface area contributed by atoms with E-state index in [9.17, 15) is 14.7 Å². The molecular formula is C26H30FN5O4. The van der Waals surface area contributed by atoms with Gasteiger partial charge in [0.05, 0.1) is 17.9 Å². The molecule has 190 valence electrons. The van der Waals surface area contributed by atoms with E-state index < -0.39 is 23.5 Å². The van der Waals surface area contributed by atoms with Crippen LogP contribution in [0.15, 0.2) is 42.7 Å². The van der Waals surface area contributed by atoms with Gasteiger partial charge in [-0.15, -0.1) is 0 Å². The van der Waals surface area contributed by atoms with Crippen LogP contribution in [-0.2, 0) is 4.74 Å². The van der Waals surface area contributed by atoms with E-state index in [4.69, 9.17) is 4.74 Å². The van der Waals surface area contributed by atoms with Crippen LogP contribution in [0.5, 0.6) is 0 Å². The average Bonchev–Trinajstić information content (AvgIpc) is 2.81. The third-order valence-electron chi connectivity index (χ3n) is 5.92. The minimum Gasteiger partial charge on any atom is -0.478 e. The molecule has 0 spiro atoms. The summed E-state index contributed by atoms with van der Waals surface area (Å²) in [7, 11) is 0. The molecule has 3 aromatic rings. The van der Waals surface area contributed by atoms with Crippen molar-refractivity contribution in [3.8, 4) is 0 Å². The van der Waals surface area contributed by atoms with Crippen molar-refractivity contribution in [1.82, 2.24) is 15.3 Å². The van der Waals surface area contributed by atoms with Gasteiger partial charge in [0, 0.05) is 23.0 Å². The van der Waals surface area contributed by atoms with Crippen molar-refractivity contribution >= 4 is 40.2 Å². The molecule has 1 aliphatic rings. The molecule has 0 saturated heterocycles. The zero-order chi connectivity index (χ0) is 25.9. The van der Waals surface area contributed by atoms with E-state index >= 15 is 4.39 Å². The molecule has 4 N–H and O–H groups in total. The van der Waals surface area contributed by atoms with Crippen LogP contribution in [-0.4, -0.2) is 44.8 Å². The van der Waals surface area contributed by atoms with Gasteiger partial charge < -0.3 is 25.8 Å². The Balaban J connectivity index is 1.61. The third kappa shape index (κ3) is 5.99. The highest BCUT2D eigenvalue weighted by molar-refractivity contribution is 5.98. The van der Waals surface area contributed by atoms with Crippen LogP contribution >= 0.6 is 0 Å². The van der Waals surface area contributed by atoms with Gasteiger partial charge in [-0.2, -0.15) is 0 Å². The van der Waals surface area contributed by atoms with Gasteiger partial charge in [-0.1, -0.05) is 37.1 Å². The number of alkyl carbamates (subject to hydrolysis) is 1. The van der Waals surface area contributed by atoms with E-state index in [1.165, 1.54) is 0 Å². The molecule has 10 heteroatoms. The van der Waals surface area contributed by atoms with Crippen LogP contribution in [0.25, 0.3) is 10.8 Å². The van der Waals surface area contributed by atoms with Crippen LogP contribution < -0.4 is 16.0 Å². The van der Waals surface area contributed by atoms with Crippen molar-refractivity contribution in [2.75, 3.05) is 10.6 Å². The molecule has 9 nitrogen and oxygen atoms in total. The molecular weight excluding hydrogens is 465 g/mol. The van der Waals surface area contributed by atoms with E-state index in [0.717, 1.165) is 29.7 Å². The second kappa shape index (κ2) is 10.3. The Bertz CT molecular complexity index is 1270. The summed E-state index contributed by atoms with van der Waals surface area (Å²) < 4.78 is 20.4. The van der Waals surface area contributed by atoms with Gasteiger partial charge in [0.1, 0.15) is 17.0 Å². The lowest BCUT2D eigenvalue weighted by molar-refractivity contribution is 0.0488. The molecule has 2 aromatic heterocycles. The summed E-state index contributed by atoms with van der Waals surface area (Å²) >= 11 is 0. The summed E-state index contributed by atoms with van der Waals surface area (Å²) in [5.74, 6) is -2.23. The monoisotopic (exact) mass is 495 g/mol. The molecule has 1 aliphatic carbocycles. The Hall–Kier alpha value is -3.95. The standard InChI is InChI=1S/C26H30FN5O4/c1-26(2,3)36-25(35)31-20-11-7-6-10-19(20)29-23-18(27)12-17(24(33)34)22(32-23)30-21-14-28-13-15-8-4-5-9-16(15)21/h4-5,8-9,12-14,19-20H,6-7,10-11H2,1-3H3,(H,31,35)(H,33,34)(H2,29,30,32). The van der Waals surface area contributed by atoms with E-state index in [-0.39, 0.29) is 29.3 Å². The number of hydrogen-bond donors (Lipinski definition) is 4. The predicted molar refractivity (Wildman–Crippen MR) is 135 cm³/mol. The van der Waals surface area contributed by atoms with E-state index in [1.807, 2.05) is 24.3 Å². The second-order valence-corrected chi connectivity index (χ2v) is 9.84. The SMILES string of the molecule is CC(C)(C)OC(=O)NC1CCCCC1Nc1nc(Nc2cncc3ccccc23)c(C(=O)O)cc1F. The minimum atomic E-state index is -1.31. The zero-order valence-corrected chi connectivity index (χ0v) is 20.5. The highest BCUT2D eigenvalue weighted by Crippen LogP contribution is 2.30. The van der Waals surface area contributed by atoms with E-state index in [0.29, 0.717) is 18.5 Å². The molecule has 36 heavy (non-hydrogen) atoms. The maximum atomic E-state index is 15.0. The van der Waals surface area contributed by atoms with Crippen LogP contribution in [0, 0.1) is 5.82 Å². The summed E-state index contributed by atoms with van der Waals surface area (Å²) in [5, 5.41) is 20.4. The number of fused-ring (bicyclic) bond motifs is 1. The molecule has 0 aliphatic heterocycles. The molecule has 0 radical (unpaired) electrons. The number of aromatic carboxylic acids is 1. The number of rotatable bonds is 6. The maximum absolute atomic E-state index is 15.0. The quantitative estimate of drug-likeness (QED) is 0.355. The fourth-order valence-corrected chi connectivity index (χ4v) is 4.30. The number of carboxylic acids is 1. The van der Waals surface area contributed by atoms with Gasteiger partial charge in [0.2, 0.25) is 0 Å². The van der Waals surface area contributed by atoms with Crippen molar-refractivity contribution in [2.45, 2.75) is 64.1 Å². The Kier molecular flexibility index (Phi) is 7.23. The Labute approximate surface area is 208 Å². The van der Waals surface area contributed by atoms with Crippen LogP contribution in [0.3, 0.4) is 0 Å². The summed E-state index contributed by atoms with van der Waals surface area (Å²) in [5.41, 5.74) is -0.403. The summed E-state index contributed by atoms with van der Waals surface area (Å²) in [6.07, 6.45) is 5.90. The molecule has 1 saturated carbocycles. The first-order valence-corrected chi connectivity index (χ1v) is 11.9. The van der Waals surface area contributed by atoms with E-state index in [1.54, 1.807) is 33.2 Å². The second-order valence-electron chi connectivity index (χ2n) is 9.84. The highest BCUT2D eigenvalue weighted by atomic mass is 19.1. The fourth-order valence-electron chi connectivity index (χ4n) is 4.30. The minimum absolute atomic E-state index is 0.0167. The first-order valence-electron chi connectivity index (χ1n) is 11.9. The highest BCUT2D eigenvalue weighted by Gasteiger charge is 2.30. The van der Waals surface area contributed by atoms with Crippen molar-refractivity contribution < 1.29 is 23.8 Å². The van der Waals surface area contributed by atoms with Crippen LogP contribution in [0.1, 0.15) is 56.8 Å². The first-order chi connectivity index (χ1) is 17.1. The number of nitrogens with zero attached hydrogens (tertiary/aromatic N) is 2. The molecule has 1 fully saturated rings. The van der Waals surface area contributed by atoms with Gasteiger partial charge in [-0.3, -0.25) is 4.98 Å². The number of ether oxygens (including phenoxy) is 1. The van der Waals surface area contributed by atoms with Crippen molar-refractivity contribution in [3.63, 3.8) is 0 Å². The summed E-state index contributed by atoms with van der Waals surface area (Å²) in [6, 6.07) is 7.83. The summed E-state index contributed by atoms with van der Waals surface area (Å²) in [4.78, 5) is 32.7. The number of halogens is 1. The van der Waals surface area contributed by atoms with E-state index in [2.05, 4.69) is 25.9 Å². The van der Waals surface area contributed by atoms with Gasteiger partial charge in [-0.05, 0) is 39.7 Å². The number of benzene rings is 1. The Morgan fingerprint density at radius 1 is 1.08 bits per heavy atom. The van der Waals surface area contributed by atoms with Gasteiger partial charge in [-0.25, -0.2) is 19.0 Å². The number of carbonyl (C=O) groups is 2. The molecule has 2 atom stereocenters. The average molecular weight is 496 g/mol. The number of carbonyl (C=O) groups excluding carboxylic acids is 1. The van der Waals surface area contributed by atoms with Crippen LogP contribution in [0.2, 0.25) is 0 Å². The Morgan fingerprint density at radius 3 is 2.53 bits per heavy atom. The number of amides is 1. The number of nitrogens with one attached hydrogen (secondary N) is 3. The van der Waals surface area contributed by atoms with Gasteiger partial charge in [0.15, 0.2) is 11.6 Å². The number of pyridine rings is 2. The molecule has 0 bridgehead atoms. The Morgan fingerprint density at radius 2 is 1.81 bits per heavy atom. The third-order valence-corrected chi connectivity index (χ3v) is 5.92. The van der Waals surface area contributed by atoms with Gasteiger partial charge >= 0.3 is 12.1 Å². The molecule has 1 amide bonds. The lowest BCUT2D eigenvalue weighted by Gasteiger charge is -2.34. The van der Waals surface area contributed by atoms with Crippen molar-refractivity contribution in [2.24, 2.45) is 0 Å². The molecule has 2 unspecified atom stereocenters. The topological polar surface area (TPSA) is 125 Å². The lowest BCUT2D eigenvalue weighted by Crippen LogP contribution is -2.50. The zero-order valence-electron chi connectivity index (χ0n) is 20.5. The molecule has 1 aromatic carbocycles. The molecule has 2 heterocycles. The largest absolute Gasteiger partial charge is 0.478 e. The maximum Gasteiger partial charge on any atom is 0.407 e. The summed E-state index contributed by atoms with van der Waals surface area (Å²) in [6.45, 7) is 5.35. The molecule has 4 rings (SSSR count). The fraction of sp³-hybridized carbons (Fsp3) is 0.385.